The first-order valence-corrected chi connectivity index (χ1v) is 7.29. The molecule has 0 unspecified atom stereocenters. The first kappa shape index (κ1) is 14.9. The molecule has 0 fully saturated rings. The van der Waals surface area contributed by atoms with Gasteiger partial charge in [-0.15, -0.1) is 0 Å². The van der Waals surface area contributed by atoms with Gasteiger partial charge in [0.2, 0.25) is 5.69 Å². The van der Waals surface area contributed by atoms with Crippen LogP contribution in [-0.2, 0) is 11.8 Å². The molecule has 0 aliphatic heterocycles. The number of benzene rings is 1. The van der Waals surface area contributed by atoms with Gasteiger partial charge in [0.25, 0.3) is 0 Å². The van der Waals surface area contributed by atoms with Gasteiger partial charge >= 0.3 is 5.97 Å². The number of aromatic nitrogens is 2. The molecule has 0 saturated carbocycles. The van der Waals surface area contributed by atoms with E-state index < -0.39 is 0 Å². The van der Waals surface area contributed by atoms with E-state index in [1.54, 1.807) is 12.3 Å². The lowest BCUT2D eigenvalue weighted by atomic mass is 10.0. The molecule has 0 saturated heterocycles. The maximum absolute atomic E-state index is 12.0. The molecular formula is C19H17N2O2+. The molecule has 1 aromatic carbocycles. The van der Waals surface area contributed by atoms with Gasteiger partial charge in [0, 0.05) is 29.5 Å². The third-order valence-corrected chi connectivity index (χ3v) is 3.67. The molecule has 0 N–H and O–H groups in total. The van der Waals surface area contributed by atoms with Crippen molar-refractivity contribution in [2.75, 3.05) is 7.11 Å². The fourth-order valence-corrected chi connectivity index (χ4v) is 2.52. The van der Waals surface area contributed by atoms with Crippen molar-refractivity contribution in [1.29, 1.82) is 0 Å². The summed E-state index contributed by atoms with van der Waals surface area (Å²) in [6.07, 6.45) is 3.71. The van der Waals surface area contributed by atoms with E-state index in [-0.39, 0.29) is 5.97 Å². The zero-order valence-corrected chi connectivity index (χ0v) is 13.1. The van der Waals surface area contributed by atoms with Gasteiger partial charge in [-0.25, -0.2) is 9.36 Å². The summed E-state index contributed by atoms with van der Waals surface area (Å²) in [4.78, 5) is 16.4. The summed E-state index contributed by atoms with van der Waals surface area (Å²) < 4.78 is 6.89. The molecule has 2 aromatic heterocycles. The number of hydrogen-bond acceptors (Lipinski definition) is 3. The number of carbonyl (C=O) groups excluding carboxylic acids is 1. The first-order chi connectivity index (χ1) is 11.2. The van der Waals surface area contributed by atoms with E-state index >= 15 is 0 Å². The van der Waals surface area contributed by atoms with Crippen molar-refractivity contribution in [1.82, 2.24) is 4.98 Å². The Kier molecular flexibility index (Phi) is 4.15. The Labute approximate surface area is 135 Å². The summed E-state index contributed by atoms with van der Waals surface area (Å²) in [5, 5.41) is 0. The number of ether oxygens (including phenoxy) is 1. The minimum Gasteiger partial charge on any atom is -0.465 e. The standard InChI is InChI=1S/C19H17N2O2/c1-21-10-6-4-8-18(21)15-11-14(17-7-3-5-9-20-17)12-16(13-15)19(22)23-2/h3-13H,1-2H3/q+1. The predicted octanol–water partition coefficient (Wildman–Crippen LogP) is 3.03. The summed E-state index contributed by atoms with van der Waals surface area (Å²) in [5.41, 5.74) is 4.16. The number of pyridine rings is 2. The molecule has 114 valence electrons. The van der Waals surface area contributed by atoms with Crippen LogP contribution in [0.25, 0.3) is 22.5 Å². The van der Waals surface area contributed by atoms with E-state index in [4.69, 9.17) is 4.74 Å². The van der Waals surface area contributed by atoms with Crippen LogP contribution in [0.5, 0.6) is 0 Å². The molecule has 0 spiro atoms. The van der Waals surface area contributed by atoms with Gasteiger partial charge in [-0.05, 0) is 36.4 Å². The number of esters is 1. The van der Waals surface area contributed by atoms with Crippen molar-refractivity contribution in [3.63, 3.8) is 0 Å². The van der Waals surface area contributed by atoms with Gasteiger partial charge in [-0.3, -0.25) is 4.98 Å². The molecule has 0 bridgehead atoms. The normalized spacial score (nSPS) is 10.3. The molecule has 4 heteroatoms. The molecule has 3 rings (SSSR count). The van der Waals surface area contributed by atoms with Crippen LogP contribution in [0, 0.1) is 0 Å². The van der Waals surface area contributed by atoms with Crippen LogP contribution in [0.15, 0.2) is 67.0 Å². The van der Waals surface area contributed by atoms with Crippen molar-refractivity contribution >= 4 is 5.97 Å². The third-order valence-electron chi connectivity index (χ3n) is 3.67. The summed E-state index contributed by atoms with van der Waals surface area (Å²) in [5.74, 6) is -0.359. The molecule has 2 heterocycles. The fraction of sp³-hybridized carbons (Fsp3) is 0.105. The van der Waals surface area contributed by atoms with Crippen LogP contribution in [-0.4, -0.2) is 18.1 Å². The highest BCUT2D eigenvalue weighted by Gasteiger charge is 2.15. The largest absolute Gasteiger partial charge is 0.465 e. The SMILES string of the molecule is COC(=O)c1cc(-c2ccccn2)cc(-c2cccc[n+]2C)c1. The maximum Gasteiger partial charge on any atom is 0.337 e. The van der Waals surface area contributed by atoms with E-state index in [9.17, 15) is 4.79 Å². The number of rotatable bonds is 3. The zero-order chi connectivity index (χ0) is 16.2. The lowest BCUT2D eigenvalue weighted by Gasteiger charge is -2.08. The van der Waals surface area contributed by atoms with Gasteiger partial charge in [0.1, 0.15) is 7.05 Å². The lowest BCUT2D eigenvalue weighted by molar-refractivity contribution is -0.660. The Balaban J connectivity index is 2.20. The highest BCUT2D eigenvalue weighted by Crippen LogP contribution is 2.26. The Morgan fingerprint density at radius 3 is 2.52 bits per heavy atom. The summed E-state index contributed by atoms with van der Waals surface area (Å²) >= 11 is 0. The van der Waals surface area contributed by atoms with Gasteiger partial charge in [-0.1, -0.05) is 6.07 Å². The second-order valence-corrected chi connectivity index (χ2v) is 5.20. The van der Waals surface area contributed by atoms with Crippen molar-refractivity contribution in [3.05, 3.63) is 72.6 Å². The second kappa shape index (κ2) is 6.40. The van der Waals surface area contributed by atoms with Gasteiger partial charge in [0.05, 0.1) is 18.4 Å². The average molecular weight is 305 g/mol. The lowest BCUT2D eigenvalue weighted by Crippen LogP contribution is -2.29. The average Bonchev–Trinajstić information content (AvgIpc) is 2.61. The van der Waals surface area contributed by atoms with Crippen LogP contribution in [0.2, 0.25) is 0 Å². The van der Waals surface area contributed by atoms with E-state index in [1.165, 1.54) is 7.11 Å². The van der Waals surface area contributed by atoms with Gasteiger partial charge in [0.15, 0.2) is 6.20 Å². The molecule has 0 aliphatic carbocycles. The van der Waals surface area contributed by atoms with Gasteiger partial charge in [-0.2, -0.15) is 0 Å². The van der Waals surface area contributed by atoms with E-state index in [0.29, 0.717) is 5.56 Å². The van der Waals surface area contributed by atoms with Crippen LogP contribution >= 0.6 is 0 Å². The van der Waals surface area contributed by atoms with E-state index in [1.807, 2.05) is 66.3 Å². The fourth-order valence-electron chi connectivity index (χ4n) is 2.52. The Bertz CT molecular complexity index is 845. The van der Waals surface area contributed by atoms with E-state index in [0.717, 1.165) is 22.5 Å². The highest BCUT2D eigenvalue weighted by molar-refractivity contribution is 5.92. The summed E-state index contributed by atoms with van der Waals surface area (Å²) in [6, 6.07) is 17.3. The zero-order valence-electron chi connectivity index (χ0n) is 13.1. The second-order valence-electron chi connectivity index (χ2n) is 5.20. The van der Waals surface area contributed by atoms with Crippen molar-refractivity contribution < 1.29 is 14.1 Å². The minimum absolute atomic E-state index is 0.359. The van der Waals surface area contributed by atoms with Crippen molar-refractivity contribution in [2.24, 2.45) is 7.05 Å². The highest BCUT2D eigenvalue weighted by atomic mass is 16.5. The molecule has 3 aromatic rings. The summed E-state index contributed by atoms with van der Waals surface area (Å²) in [7, 11) is 3.36. The Hall–Kier alpha value is -3.01. The number of hydrogen-bond donors (Lipinski definition) is 0. The van der Waals surface area contributed by atoms with Crippen LogP contribution < -0.4 is 4.57 Å². The van der Waals surface area contributed by atoms with Crippen LogP contribution in [0.1, 0.15) is 10.4 Å². The van der Waals surface area contributed by atoms with Crippen molar-refractivity contribution in [3.8, 4) is 22.5 Å². The molecule has 0 aliphatic rings. The monoisotopic (exact) mass is 305 g/mol. The Morgan fingerprint density at radius 2 is 1.83 bits per heavy atom. The number of aryl methyl sites for hydroxylation is 1. The maximum atomic E-state index is 12.0. The third kappa shape index (κ3) is 3.11. The predicted molar refractivity (Wildman–Crippen MR) is 87.6 cm³/mol. The van der Waals surface area contributed by atoms with Crippen LogP contribution in [0.3, 0.4) is 0 Å². The molecular weight excluding hydrogens is 288 g/mol. The molecule has 0 radical (unpaired) electrons. The molecule has 23 heavy (non-hydrogen) atoms. The van der Waals surface area contributed by atoms with Crippen LogP contribution in [0.4, 0.5) is 0 Å². The van der Waals surface area contributed by atoms with Crippen molar-refractivity contribution in [2.45, 2.75) is 0 Å². The molecule has 4 nitrogen and oxygen atoms in total. The molecule has 0 amide bonds. The minimum atomic E-state index is -0.359. The smallest absolute Gasteiger partial charge is 0.337 e. The first-order valence-electron chi connectivity index (χ1n) is 7.29. The van der Waals surface area contributed by atoms with Gasteiger partial charge < -0.3 is 4.74 Å². The molecule has 0 atom stereocenters. The number of nitrogens with zero attached hydrogens (tertiary/aromatic N) is 2. The Morgan fingerprint density at radius 1 is 1.04 bits per heavy atom. The topological polar surface area (TPSA) is 43.1 Å². The summed E-state index contributed by atoms with van der Waals surface area (Å²) in [6.45, 7) is 0. The number of methoxy groups -OCH3 is 1. The number of carbonyl (C=O) groups is 1. The quantitative estimate of drug-likeness (QED) is 0.552. The van der Waals surface area contributed by atoms with E-state index in [2.05, 4.69) is 4.98 Å².